The number of hydrogen-bond acceptors (Lipinski definition) is 7. The third kappa shape index (κ3) is 8.18. The van der Waals surface area contributed by atoms with Gasteiger partial charge < -0.3 is 0 Å². The highest BCUT2D eigenvalue weighted by molar-refractivity contribution is 8.00. The van der Waals surface area contributed by atoms with Gasteiger partial charge in [0.25, 0.3) is 0 Å². The van der Waals surface area contributed by atoms with E-state index in [0.29, 0.717) is 11.1 Å². The van der Waals surface area contributed by atoms with Crippen LogP contribution >= 0.6 is 0 Å². The van der Waals surface area contributed by atoms with E-state index in [2.05, 4.69) is 16.8 Å². The van der Waals surface area contributed by atoms with Crippen molar-refractivity contribution in [2.75, 3.05) is 0 Å². The quantitative estimate of drug-likeness (QED) is 0.432. The molecule has 0 aliphatic heterocycles. The van der Waals surface area contributed by atoms with Crippen LogP contribution < -0.4 is 0 Å². The topological polar surface area (TPSA) is 152 Å². The van der Waals surface area contributed by atoms with Gasteiger partial charge in [0.2, 0.25) is 0 Å². The van der Waals surface area contributed by atoms with Crippen molar-refractivity contribution in [2.45, 2.75) is 22.6 Å². The van der Waals surface area contributed by atoms with Crippen LogP contribution in [0.25, 0.3) is 0 Å². The molecule has 2 aromatic rings. The molecule has 0 amide bonds. The summed E-state index contributed by atoms with van der Waals surface area (Å²) in [5.41, 5.74) is 0.819. The van der Waals surface area contributed by atoms with E-state index in [1.54, 1.807) is 24.3 Å². The third-order valence-corrected chi connectivity index (χ3v) is 6.70. The minimum Gasteiger partial charge on any atom is -0.264 e. The Bertz CT molecular complexity index is 1120. The molecule has 2 rings (SSSR count). The van der Waals surface area contributed by atoms with Gasteiger partial charge in [-0.3, -0.25) is 9.11 Å². The van der Waals surface area contributed by atoms with Gasteiger partial charge in [-0.2, -0.15) is 25.3 Å². The van der Waals surface area contributed by atoms with E-state index in [0.717, 1.165) is 0 Å². The summed E-state index contributed by atoms with van der Waals surface area (Å²) in [5, 5.41) is 0. The summed E-state index contributed by atoms with van der Waals surface area (Å²) in [7, 11) is -13.7. The van der Waals surface area contributed by atoms with Gasteiger partial charge in [0, 0.05) is 0 Å². The first-order valence-corrected chi connectivity index (χ1v) is 12.3. The van der Waals surface area contributed by atoms with Crippen LogP contribution in [0.3, 0.4) is 0 Å². The lowest BCUT2D eigenvalue weighted by atomic mass is 10.1. The SMILES string of the molecule is C=CCc1ccccc1S(=O)(=O)OS(=O)(=O)c1ccccc1CC=C.O=S(=O)(O)O. The van der Waals surface area contributed by atoms with E-state index in [1.807, 2.05) is 0 Å². The number of benzene rings is 2. The van der Waals surface area contributed by atoms with Crippen molar-refractivity contribution in [2.24, 2.45) is 0 Å². The van der Waals surface area contributed by atoms with Gasteiger partial charge in [-0.1, -0.05) is 48.6 Å². The van der Waals surface area contributed by atoms with Gasteiger partial charge in [-0.15, -0.1) is 16.8 Å². The normalized spacial score (nSPS) is 11.8. The molecule has 12 heteroatoms. The smallest absolute Gasteiger partial charge is 0.264 e. The van der Waals surface area contributed by atoms with Gasteiger partial charge in [0.1, 0.15) is 0 Å². The summed E-state index contributed by atoms with van der Waals surface area (Å²) in [4.78, 5) is -0.389. The molecule has 0 aromatic heterocycles. The van der Waals surface area contributed by atoms with Crippen molar-refractivity contribution in [1.82, 2.24) is 0 Å². The first-order valence-electron chi connectivity index (χ1n) is 8.10. The van der Waals surface area contributed by atoms with Crippen molar-refractivity contribution in [1.29, 1.82) is 0 Å². The number of allylic oxidation sites excluding steroid dienone is 2. The molecule has 2 aromatic carbocycles. The van der Waals surface area contributed by atoms with E-state index in [4.69, 9.17) is 17.5 Å². The Balaban J connectivity index is 0.000000804. The molecule has 0 atom stereocenters. The lowest BCUT2D eigenvalue weighted by molar-refractivity contribution is 0.380. The van der Waals surface area contributed by atoms with Crippen molar-refractivity contribution in [3.8, 4) is 0 Å². The highest BCUT2D eigenvalue weighted by atomic mass is 32.3. The Hall–Kier alpha value is -2.35. The Morgan fingerprint density at radius 3 is 1.30 bits per heavy atom. The highest BCUT2D eigenvalue weighted by Gasteiger charge is 2.29. The molecule has 0 spiro atoms. The van der Waals surface area contributed by atoms with Gasteiger partial charge in [-0.05, 0) is 36.1 Å². The van der Waals surface area contributed by atoms with Gasteiger partial charge >= 0.3 is 30.6 Å². The largest absolute Gasteiger partial charge is 0.394 e. The summed E-state index contributed by atoms with van der Waals surface area (Å²) in [5.74, 6) is 0. The molecule has 0 unspecified atom stereocenters. The maximum atomic E-state index is 12.5. The summed E-state index contributed by atoms with van der Waals surface area (Å²) in [6, 6.07) is 12.1. The molecule has 0 fully saturated rings. The van der Waals surface area contributed by atoms with Crippen LogP contribution in [-0.4, -0.2) is 34.4 Å². The second-order valence-corrected chi connectivity index (χ2v) is 9.76. The fourth-order valence-electron chi connectivity index (χ4n) is 2.33. The minimum atomic E-state index is -4.67. The van der Waals surface area contributed by atoms with Crippen molar-refractivity contribution >= 4 is 30.6 Å². The average molecular weight is 477 g/mol. The Kier molecular flexibility index (Phi) is 9.09. The molecule has 30 heavy (non-hydrogen) atoms. The fourth-order valence-corrected chi connectivity index (χ4v) is 5.30. The molecule has 2 N–H and O–H groups in total. The standard InChI is InChI=1S/C18H18O5S2.H2O4S/c1-3-9-15-11-5-7-13-17(15)24(19,20)23-25(21,22)18-14-8-6-12-16(18)10-4-2;1-5(2,3)4/h3-8,11-14H,1-2,9-10H2;(H2,1,2,3,4). The van der Waals surface area contributed by atoms with E-state index in [1.165, 1.54) is 36.4 Å². The summed E-state index contributed by atoms with van der Waals surface area (Å²) < 4.78 is 86.4. The van der Waals surface area contributed by atoms with Gasteiger partial charge in [-0.25, -0.2) is 0 Å². The average Bonchev–Trinajstić information content (AvgIpc) is 2.61. The molecule has 0 bridgehead atoms. The zero-order chi connectivity index (χ0) is 23.0. The fraction of sp³-hybridized carbons (Fsp3) is 0.111. The summed E-state index contributed by atoms with van der Waals surface area (Å²) in [6.07, 6.45) is 3.60. The molecule has 0 aliphatic rings. The molecule has 0 aliphatic carbocycles. The monoisotopic (exact) mass is 476 g/mol. The lowest BCUT2D eigenvalue weighted by Crippen LogP contribution is -2.16. The van der Waals surface area contributed by atoms with Crippen LogP contribution in [0.1, 0.15) is 11.1 Å². The Morgan fingerprint density at radius 1 is 0.700 bits per heavy atom. The molecule has 0 saturated carbocycles. The molecule has 0 radical (unpaired) electrons. The van der Waals surface area contributed by atoms with Crippen LogP contribution in [0.15, 0.2) is 83.6 Å². The zero-order valence-corrected chi connectivity index (χ0v) is 18.0. The molecule has 0 saturated heterocycles. The Morgan fingerprint density at radius 2 is 1.00 bits per heavy atom. The predicted octanol–water partition coefficient (Wildman–Crippen LogP) is 2.58. The van der Waals surface area contributed by atoms with E-state index in [9.17, 15) is 16.8 Å². The van der Waals surface area contributed by atoms with Crippen LogP contribution in [0.4, 0.5) is 0 Å². The van der Waals surface area contributed by atoms with Crippen LogP contribution in [0, 0.1) is 0 Å². The second kappa shape index (κ2) is 10.6. The number of rotatable bonds is 8. The molecule has 164 valence electrons. The number of hydrogen-bond donors (Lipinski definition) is 2. The minimum absolute atomic E-state index is 0.195. The Labute approximate surface area is 176 Å². The molecular weight excluding hydrogens is 456 g/mol. The molecule has 9 nitrogen and oxygen atoms in total. The summed E-state index contributed by atoms with van der Waals surface area (Å²) >= 11 is 0. The zero-order valence-electron chi connectivity index (χ0n) is 15.6. The van der Waals surface area contributed by atoms with Crippen molar-refractivity contribution < 1.29 is 38.0 Å². The second-order valence-electron chi connectivity index (χ2n) is 5.63. The lowest BCUT2D eigenvalue weighted by Gasteiger charge is -2.11. The first-order chi connectivity index (χ1) is 13.8. The van der Waals surface area contributed by atoms with Crippen LogP contribution in [0.2, 0.25) is 0 Å². The molecular formula is C18H20O9S3. The third-order valence-electron chi connectivity index (χ3n) is 3.39. The van der Waals surface area contributed by atoms with Gasteiger partial charge in [0.15, 0.2) is 0 Å². The molecule has 0 heterocycles. The van der Waals surface area contributed by atoms with Crippen LogP contribution in [0.5, 0.6) is 0 Å². The highest BCUT2D eigenvalue weighted by Crippen LogP contribution is 2.25. The van der Waals surface area contributed by atoms with Crippen molar-refractivity contribution in [3.05, 3.63) is 85.0 Å². The van der Waals surface area contributed by atoms with E-state index in [-0.39, 0.29) is 22.6 Å². The van der Waals surface area contributed by atoms with Crippen molar-refractivity contribution in [3.63, 3.8) is 0 Å². The predicted molar refractivity (Wildman–Crippen MR) is 110 cm³/mol. The van der Waals surface area contributed by atoms with E-state index >= 15 is 0 Å². The maximum Gasteiger partial charge on any atom is 0.394 e. The van der Waals surface area contributed by atoms with Crippen LogP contribution in [-0.2, 0) is 47.1 Å². The van der Waals surface area contributed by atoms with E-state index < -0.39 is 30.6 Å². The maximum absolute atomic E-state index is 12.5. The summed E-state index contributed by atoms with van der Waals surface area (Å²) in [6.45, 7) is 7.14. The van der Waals surface area contributed by atoms with Gasteiger partial charge in [0.05, 0.1) is 9.79 Å². The first kappa shape index (κ1) is 25.7.